The van der Waals surface area contributed by atoms with E-state index >= 15 is 0 Å². The Morgan fingerprint density at radius 1 is 1.03 bits per heavy atom. The Hall–Kier alpha value is -3.01. The molecule has 1 heterocycles. The highest BCUT2D eigenvalue weighted by Gasteiger charge is 2.28. The van der Waals surface area contributed by atoms with Gasteiger partial charge < -0.3 is 10.6 Å². The fourth-order valence-corrected chi connectivity index (χ4v) is 5.42. The highest BCUT2D eigenvalue weighted by Crippen LogP contribution is 2.28. The fourth-order valence-electron chi connectivity index (χ4n) is 3.59. The maximum atomic E-state index is 13.2. The van der Waals surface area contributed by atoms with Crippen molar-refractivity contribution in [1.29, 1.82) is 0 Å². The summed E-state index contributed by atoms with van der Waals surface area (Å²) in [5.41, 5.74) is 3.40. The summed E-state index contributed by atoms with van der Waals surface area (Å²) in [6, 6.07) is 17.5. The second kappa shape index (κ2) is 9.46. The second-order valence-electron chi connectivity index (χ2n) is 7.80. The maximum Gasteiger partial charge on any atom is 0.247 e. The quantitative estimate of drug-likeness (QED) is 0.444. The Bertz CT molecular complexity index is 1330. The molecule has 0 aromatic heterocycles. The van der Waals surface area contributed by atoms with E-state index in [9.17, 15) is 18.0 Å². The van der Waals surface area contributed by atoms with E-state index in [0.717, 1.165) is 11.1 Å². The van der Waals surface area contributed by atoms with Gasteiger partial charge in [-0.15, -0.1) is 0 Å². The Morgan fingerprint density at radius 2 is 1.79 bits per heavy atom. The van der Waals surface area contributed by atoms with Gasteiger partial charge in [-0.05, 0) is 76.3 Å². The van der Waals surface area contributed by atoms with Crippen LogP contribution in [0.15, 0.2) is 76.1 Å². The average Bonchev–Trinajstić information content (AvgIpc) is 2.79. The molecule has 0 saturated heterocycles. The van der Waals surface area contributed by atoms with Crippen molar-refractivity contribution in [2.24, 2.45) is 0 Å². The standard InChI is InChI=1S/C24H22BrN3O4S/c1-15-7-10-21(19(25)13-15)27-24(30)23(16-5-3-2-4-6-16)28-33(31,32)18-9-11-20-17(14-18)8-12-22(29)26-20/h2-7,9-11,13-14,23,28H,8,12H2,1H3,(H,26,29)(H,27,30)/t23-/m0/s1. The van der Waals surface area contributed by atoms with Crippen molar-refractivity contribution >= 4 is 49.1 Å². The monoisotopic (exact) mass is 527 g/mol. The van der Waals surface area contributed by atoms with Crippen LogP contribution in [0.25, 0.3) is 0 Å². The molecule has 1 atom stereocenters. The van der Waals surface area contributed by atoms with E-state index in [1.807, 2.05) is 19.1 Å². The number of halogens is 1. The number of anilines is 2. The van der Waals surface area contributed by atoms with Gasteiger partial charge in [-0.25, -0.2) is 8.42 Å². The summed E-state index contributed by atoms with van der Waals surface area (Å²) < 4.78 is 29.7. The van der Waals surface area contributed by atoms with Gasteiger partial charge in [0.2, 0.25) is 21.8 Å². The average molecular weight is 528 g/mol. The number of hydrogen-bond donors (Lipinski definition) is 3. The molecule has 7 nitrogen and oxygen atoms in total. The second-order valence-corrected chi connectivity index (χ2v) is 10.4. The minimum Gasteiger partial charge on any atom is -0.326 e. The first-order valence-corrected chi connectivity index (χ1v) is 12.6. The first-order valence-electron chi connectivity index (χ1n) is 10.3. The molecule has 0 spiro atoms. The summed E-state index contributed by atoms with van der Waals surface area (Å²) in [5.74, 6) is -0.612. The molecule has 3 aromatic carbocycles. The molecular formula is C24H22BrN3O4S. The summed E-state index contributed by atoms with van der Waals surface area (Å²) in [7, 11) is -4.04. The molecule has 3 N–H and O–H groups in total. The first-order chi connectivity index (χ1) is 15.7. The summed E-state index contributed by atoms with van der Waals surface area (Å²) in [5, 5.41) is 5.54. The van der Waals surface area contributed by atoms with Gasteiger partial charge >= 0.3 is 0 Å². The van der Waals surface area contributed by atoms with Crippen molar-refractivity contribution in [1.82, 2.24) is 4.72 Å². The van der Waals surface area contributed by atoms with Crippen LogP contribution in [0.1, 0.15) is 29.2 Å². The van der Waals surface area contributed by atoms with Gasteiger partial charge in [-0.3, -0.25) is 9.59 Å². The van der Waals surface area contributed by atoms with Gasteiger partial charge in [-0.2, -0.15) is 4.72 Å². The molecule has 2 amide bonds. The van der Waals surface area contributed by atoms with Crippen molar-refractivity contribution in [3.63, 3.8) is 0 Å². The van der Waals surface area contributed by atoms with E-state index in [1.54, 1.807) is 42.5 Å². The maximum absolute atomic E-state index is 13.2. The molecule has 3 aromatic rings. The number of sulfonamides is 1. The summed E-state index contributed by atoms with van der Waals surface area (Å²) >= 11 is 3.43. The summed E-state index contributed by atoms with van der Waals surface area (Å²) in [4.78, 5) is 24.8. The molecule has 33 heavy (non-hydrogen) atoms. The van der Waals surface area contributed by atoms with Crippen LogP contribution in [0.5, 0.6) is 0 Å². The number of nitrogens with one attached hydrogen (secondary N) is 3. The van der Waals surface area contributed by atoms with Crippen LogP contribution in [-0.4, -0.2) is 20.2 Å². The molecular weight excluding hydrogens is 506 g/mol. The zero-order valence-electron chi connectivity index (χ0n) is 17.8. The van der Waals surface area contributed by atoms with Gasteiger partial charge in [0.15, 0.2) is 0 Å². The molecule has 170 valence electrons. The Balaban J connectivity index is 1.64. The lowest BCUT2D eigenvalue weighted by molar-refractivity contribution is -0.118. The smallest absolute Gasteiger partial charge is 0.247 e. The molecule has 0 saturated carbocycles. The molecule has 0 aliphatic carbocycles. The number of carbonyl (C=O) groups excluding carboxylic acids is 2. The lowest BCUT2D eigenvalue weighted by Gasteiger charge is -2.21. The molecule has 0 unspecified atom stereocenters. The van der Waals surface area contributed by atoms with Crippen LogP contribution in [-0.2, 0) is 26.0 Å². The zero-order chi connectivity index (χ0) is 23.6. The minimum atomic E-state index is -4.04. The first kappa shape index (κ1) is 23.2. The number of carbonyl (C=O) groups is 2. The van der Waals surface area contributed by atoms with Crippen LogP contribution < -0.4 is 15.4 Å². The molecule has 1 aliphatic heterocycles. The third kappa shape index (κ3) is 5.32. The molecule has 0 bridgehead atoms. The van der Waals surface area contributed by atoms with E-state index in [2.05, 4.69) is 31.3 Å². The van der Waals surface area contributed by atoms with Gasteiger partial charge in [0.1, 0.15) is 6.04 Å². The highest BCUT2D eigenvalue weighted by molar-refractivity contribution is 9.10. The Morgan fingerprint density at radius 3 is 2.52 bits per heavy atom. The Labute approximate surface area is 200 Å². The summed E-state index contributed by atoms with van der Waals surface area (Å²) in [6.45, 7) is 1.93. The SMILES string of the molecule is Cc1ccc(NC(=O)[C@@H](NS(=O)(=O)c2ccc3c(c2)CCC(=O)N3)c2ccccc2)c(Br)c1. The fraction of sp³-hybridized carbons (Fsp3) is 0.167. The highest BCUT2D eigenvalue weighted by atomic mass is 79.9. The number of rotatable bonds is 6. The zero-order valence-corrected chi connectivity index (χ0v) is 20.2. The number of benzene rings is 3. The predicted molar refractivity (Wildman–Crippen MR) is 130 cm³/mol. The molecule has 4 rings (SSSR count). The minimum absolute atomic E-state index is 0.0302. The van der Waals surface area contributed by atoms with E-state index < -0.39 is 22.0 Å². The molecule has 0 fully saturated rings. The van der Waals surface area contributed by atoms with Gasteiger partial charge in [0, 0.05) is 16.6 Å². The van der Waals surface area contributed by atoms with Crippen molar-refractivity contribution in [2.45, 2.75) is 30.7 Å². The van der Waals surface area contributed by atoms with Crippen LogP contribution in [0.2, 0.25) is 0 Å². The van der Waals surface area contributed by atoms with Gasteiger partial charge in [0.25, 0.3) is 0 Å². The van der Waals surface area contributed by atoms with E-state index in [-0.39, 0.29) is 10.8 Å². The van der Waals surface area contributed by atoms with Crippen LogP contribution >= 0.6 is 15.9 Å². The number of hydrogen-bond acceptors (Lipinski definition) is 4. The topological polar surface area (TPSA) is 104 Å². The Kier molecular flexibility index (Phi) is 6.64. The molecule has 1 aliphatic rings. The van der Waals surface area contributed by atoms with E-state index in [4.69, 9.17) is 0 Å². The third-order valence-electron chi connectivity index (χ3n) is 5.33. The number of fused-ring (bicyclic) bond motifs is 1. The van der Waals surface area contributed by atoms with E-state index in [1.165, 1.54) is 12.1 Å². The van der Waals surface area contributed by atoms with Crippen molar-refractivity contribution in [3.8, 4) is 0 Å². The van der Waals surface area contributed by atoms with Gasteiger partial charge in [0.05, 0.1) is 10.6 Å². The molecule has 9 heteroatoms. The van der Waals surface area contributed by atoms with Crippen LogP contribution in [0.4, 0.5) is 11.4 Å². The van der Waals surface area contributed by atoms with Crippen molar-refractivity contribution < 1.29 is 18.0 Å². The van der Waals surface area contributed by atoms with Crippen LogP contribution in [0.3, 0.4) is 0 Å². The largest absolute Gasteiger partial charge is 0.326 e. The third-order valence-corrected chi connectivity index (χ3v) is 7.41. The van der Waals surface area contributed by atoms with Crippen molar-refractivity contribution in [3.05, 3.63) is 87.9 Å². The van der Waals surface area contributed by atoms with Crippen LogP contribution in [0, 0.1) is 6.92 Å². The normalized spacial score (nSPS) is 14.2. The number of aryl methyl sites for hydroxylation is 2. The number of amides is 2. The van der Waals surface area contributed by atoms with Gasteiger partial charge in [-0.1, -0.05) is 36.4 Å². The lowest BCUT2D eigenvalue weighted by atomic mass is 10.0. The van der Waals surface area contributed by atoms with Crippen molar-refractivity contribution in [2.75, 3.05) is 10.6 Å². The van der Waals surface area contributed by atoms with E-state index in [0.29, 0.717) is 34.3 Å². The lowest BCUT2D eigenvalue weighted by Crippen LogP contribution is -2.37. The predicted octanol–water partition coefficient (Wildman–Crippen LogP) is 4.30. The summed E-state index contributed by atoms with van der Waals surface area (Å²) in [6.07, 6.45) is 0.749. The molecule has 0 radical (unpaired) electrons.